The highest BCUT2D eigenvalue weighted by Gasteiger charge is 2.20. The summed E-state index contributed by atoms with van der Waals surface area (Å²) in [6.07, 6.45) is 0.331. The molecule has 2 N–H and O–H groups in total. The first-order valence-corrected chi connectivity index (χ1v) is 7.58. The molecule has 20 heavy (non-hydrogen) atoms. The number of nitrogens with one attached hydrogen (secondary N) is 2. The van der Waals surface area contributed by atoms with Crippen molar-refractivity contribution in [1.82, 2.24) is 5.32 Å². The number of hydrogen-bond donors (Lipinski definition) is 2. The Labute approximate surface area is 121 Å². The minimum Gasteiger partial charge on any atom is -0.320 e. The number of hydrogen-bond acceptors (Lipinski definition) is 5. The van der Waals surface area contributed by atoms with Crippen LogP contribution in [0.1, 0.15) is 12.0 Å². The molecule has 108 valence electrons. The number of thioether (sulfide) groups is 1. The van der Waals surface area contributed by atoms with Crippen molar-refractivity contribution < 1.29 is 9.72 Å². The standard InChI is InChI=1S/C13H17N3O3S/c1-9-2-3-11(12(6-9)16(18)19)15-13(17)7-10-8-20-5-4-14-10/h2-3,6,10,14H,4-5,7-8H2,1H3,(H,15,17). The van der Waals surface area contributed by atoms with Crippen LogP contribution in [0.2, 0.25) is 0 Å². The molecular weight excluding hydrogens is 278 g/mol. The van der Waals surface area contributed by atoms with E-state index in [1.165, 1.54) is 6.07 Å². The van der Waals surface area contributed by atoms with E-state index in [9.17, 15) is 14.9 Å². The van der Waals surface area contributed by atoms with Crippen molar-refractivity contribution in [1.29, 1.82) is 0 Å². The molecule has 7 heteroatoms. The van der Waals surface area contributed by atoms with Gasteiger partial charge in [0, 0.05) is 36.6 Å². The van der Waals surface area contributed by atoms with Crippen LogP contribution in [-0.4, -0.2) is 34.9 Å². The second-order valence-electron chi connectivity index (χ2n) is 4.76. The third-order valence-electron chi connectivity index (χ3n) is 3.05. The van der Waals surface area contributed by atoms with Crippen LogP contribution in [0.15, 0.2) is 18.2 Å². The van der Waals surface area contributed by atoms with Gasteiger partial charge in [-0.25, -0.2) is 0 Å². The second kappa shape index (κ2) is 6.71. The Morgan fingerprint density at radius 2 is 2.40 bits per heavy atom. The molecule has 0 bridgehead atoms. The Morgan fingerprint density at radius 1 is 1.60 bits per heavy atom. The Kier molecular flexibility index (Phi) is 4.97. The normalized spacial score (nSPS) is 18.6. The first-order chi connectivity index (χ1) is 9.56. The van der Waals surface area contributed by atoms with Crippen molar-refractivity contribution >= 4 is 29.0 Å². The fourth-order valence-electron chi connectivity index (χ4n) is 2.07. The van der Waals surface area contributed by atoms with Crippen molar-refractivity contribution in [2.24, 2.45) is 0 Å². The molecule has 1 atom stereocenters. The number of nitro benzene ring substituents is 1. The van der Waals surface area contributed by atoms with Gasteiger partial charge in [0.05, 0.1) is 4.92 Å². The fourth-order valence-corrected chi connectivity index (χ4v) is 3.02. The number of anilines is 1. The lowest BCUT2D eigenvalue weighted by molar-refractivity contribution is -0.384. The molecule has 1 amide bonds. The Balaban J connectivity index is 2.01. The predicted molar refractivity (Wildman–Crippen MR) is 80.2 cm³/mol. The van der Waals surface area contributed by atoms with Crippen molar-refractivity contribution in [2.45, 2.75) is 19.4 Å². The fraction of sp³-hybridized carbons (Fsp3) is 0.462. The summed E-state index contributed by atoms with van der Waals surface area (Å²) in [7, 11) is 0. The highest BCUT2D eigenvalue weighted by molar-refractivity contribution is 7.99. The molecule has 1 unspecified atom stereocenters. The van der Waals surface area contributed by atoms with E-state index in [4.69, 9.17) is 0 Å². The van der Waals surface area contributed by atoms with Gasteiger partial charge in [0.2, 0.25) is 5.91 Å². The molecule has 1 aromatic rings. The molecule has 1 saturated heterocycles. The minimum absolute atomic E-state index is 0.0654. The average molecular weight is 295 g/mol. The number of nitro groups is 1. The zero-order chi connectivity index (χ0) is 14.5. The molecule has 1 aromatic carbocycles. The lowest BCUT2D eigenvalue weighted by Gasteiger charge is -2.22. The summed E-state index contributed by atoms with van der Waals surface area (Å²) in [5, 5.41) is 16.9. The minimum atomic E-state index is -0.475. The summed E-state index contributed by atoms with van der Waals surface area (Å²) < 4.78 is 0. The lowest BCUT2D eigenvalue weighted by Crippen LogP contribution is -2.39. The van der Waals surface area contributed by atoms with Gasteiger partial charge in [0.1, 0.15) is 5.69 Å². The van der Waals surface area contributed by atoms with Gasteiger partial charge in [0.15, 0.2) is 0 Å². The van der Waals surface area contributed by atoms with Crippen molar-refractivity contribution in [3.63, 3.8) is 0 Å². The van der Waals surface area contributed by atoms with E-state index in [0.717, 1.165) is 23.6 Å². The molecule has 1 heterocycles. The maximum atomic E-state index is 12.0. The summed E-state index contributed by atoms with van der Waals surface area (Å²) in [5.74, 6) is 1.75. The first-order valence-electron chi connectivity index (χ1n) is 6.42. The largest absolute Gasteiger partial charge is 0.320 e. The van der Waals surface area contributed by atoms with Crippen LogP contribution < -0.4 is 10.6 Å². The van der Waals surface area contributed by atoms with E-state index in [0.29, 0.717) is 6.42 Å². The zero-order valence-corrected chi connectivity index (χ0v) is 12.0. The van der Waals surface area contributed by atoms with Gasteiger partial charge in [-0.2, -0.15) is 11.8 Å². The van der Waals surface area contributed by atoms with Crippen LogP contribution in [-0.2, 0) is 4.79 Å². The Hall–Kier alpha value is -1.60. The zero-order valence-electron chi connectivity index (χ0n) is 11.2. The summed E-state index contributed by atoms with van der Waals surface area (Å²) in [6.45, 7) is 2.68. The van der Waals surface area contributed by atoms with E-state index >= 15 is 0 Å². The highest BCUT2D eigenvalue weighted by Crippen LogP contribution is 2.25. The number of nitrogens with zero attached hydrogens (tertiary/aromatic N) is 1. The van der Waals surface area contributed by atoms with Crippen LogP contribution in [0.5, 0.6) is 0 Å². The van der Waals surface area contributed by atoms with Crippen LogP contribution in [0.3, 0.4) is 0 Å². The summed E-state index contributed by atoms with van der Waals surface area (Å²) in [6, 6.07) is 4.93. The third kappa shape index (κ3) is 3.94. The SMILES string of the molecule is Cc1ccc(NC(=O)CC2CSCCN2)c([N+](=O)[O-])c1. The van der Waals surface area contributed by atoms with E-state index in [2.05, 4.69) is 10.6 Å². The molecule has 1 aliphatic rings. The van der Waals surface area contributed by atoms with E-state index in [1.54, 1.807) is 19.1 Å². The molecule has 1 fully saturated rings. The molecule has 0 aliphatic carbocycles. The monoisotopic (exact) mass is 295 g/mol. The molecular formula is C13H17N3O3S. The van der Waals surface area contributed by atoms with E-state index < -0.39 is 4.92 Å². The van der Waals surface area contributed by atoms with Gasteiger partial charge in [-0.3, -0.25) is 14.9 Å². The quantitative estimate of drug-likeness (QED) is 0.655. The third-order valence-corrected chi connectivity index (χ3v) is 4.19. The van der Waals surface area contributed by atoms with Gasteiger partial charge in [-0.15, -0.1) is 0 Å². The number of benzene rings is 1. The first kappa shape index (κ1) is 14.8. The molecule has 1 aliphatic heterocycles. The molecule has 2 rings (SSSR count). The van der Waals surface area contributed by atoms with Crippen molar-refractivity contribution in [3.8, 4) is 0 Å². The van der Waals surface area contributed by atoms with Gasteiger partial charge < -0.3 is 10.6 Å². The smallest absolute Gasteiger partial charge is 0.293 e. The summed E-state index contributed by atoms with van der Waals surface area (Å²) in [4.78, 5) is 22.5. The number of aryl methyl sites for hydroxylation is 1. The molecule has 0 radical (unpaired) electrons. The van der Waals surface area contributed by atoms with Crippen molar-refractivity contribution in [3.05, 3.63) is 33.9 Å². The average Bonchev–Trinajstić information content (AvgIpc) is 2.41. The predicted octanol–water partition coefficient (Wildman–Crippen LogP) is 1.94. The number of amides is 1. The van der Waals surface area contributed by atoms with Crippen molar-refractivity contribution in [2.75, 3.05) is 23.4 Å². The van der Waals surface area contributed by atoms with Crippen LogP contribution in [0, 0.1) is 17.0 Å². The van der Waals surface area contributed by atoms with Crippen LogP contribution in [0.25, 0.3) is 0 Å². The Morgan fingerprint density at radius 3 is 3.05 bits per heavy atom. The lowest BCUT2D eigenvalue weighted by atomic mass is 10.1. The second-order valence-corrected chi connectivity index (χ2v) is 5.91. The van der Waals surface area contributed by atoms with Crippen LogP contribution >= 0.6 is 11.8 Å². The summed E-state index contributed by atoms with van der Waals surface area (Å²) in [5.41, 5.74) is 0.985. The molecule has 0 aromatic heterocycles. The van der Waals surface area contributed by atoms with Crippen LogP contribution in [0.4, 0.5) is 11.4 Å². The number of carbonyl (C=O) groups excluding carboxylic acids is 1. The maximum absolute atomic E-state index is 12.0. The topological polar surface area (TPSA) is 84.3 Å². The highest BCUT2D eigenvalue weighted by atomic mass is 32.2. The summed E-state index contributed by atoms with van der Waals surface area (Å²) >= 11 is 1.81. The maximum Gasteiger partial charge on any atom is 0.293 e. The molecule has 0 saturated carbocycles. The number of carbonyl (C=O) groups is 1. The van der Waals surface area contributed by atoms with Gasteiger partial charge >= 0.3 is 0 Å². The molecule has 6 nitrogen and oxygen atoms in total. The van der Waals surface area contributed by atoms with Gasteiger partial charge in [0.25, 0.3) is 5.69 Å². The van der Waals surface area contributed by atoms with E-state index in [1.807, 2.05) is 11.8 Å². The number of rotatable bonds is 4. The Bertz CT molecular complexity index is 516. The van der Waals surface area contributed by atoms with E-state index in [-0.39, 0.29) is 23.3 Å². The molecule has 0 spiro atoms. The van der Waals surface area contributed by atoms with Gasteiger partial charge in [-0.1, -0.05) is 6.07 Å². The van der Waals surface area contributed by atoms with Gasteiger partial charge in [-0.05, 0) is 18.6 Å².